The highest BCUT2D eigenvalue weighted by Gasteiger charge is 2.14. The smallest absolute Gasteiger partial charge is 0.238 e. The average Bonchev–Trinajstić information content (AvgIpc) is 2.16. The number of benzene rings is 1. The van der Waals surface area contributed by atoms with Gasteiger partial charge in [0.2, 0.25) is 10.0 Å². The molecular formula is C9H11NO3S. The van der Waals surface area contributed by atoms with Gasteiger partial charge in [-0.1, -0.05) is 0 Å². The molecule has 2 rings (SSSR count). The van der Waals surface area contributed by atoms with E-state index in [9.17, 15) is 8.42 Å². The van der Waals surface area contributed by atoms with Gasteiger partial charge in [-0.15, -0.1) is 0 Å². The molecule has 2 N–H and O–H groups in total. The van der Waals surface area contributed by atoms with Gasteiger partial charge in [0.05, 0.1) is 11.5 Å². The van der Waals surface area contributed by atoms with Gasteiger partial charge in [-0.25, -0.2) is 13.6 Å². The van der Waals surface area contributed by atoms with Gasteiger partial charge < -0.3 is 4.74 Å². The highest BCUT2D eigenvalue weighted by molar-refractivity contribution is 7.89. The van der Waals surface area contributed by atoms with Gasteiger partial charge in [0, 0.05) is 0 Å². The summed E-state index contributed by atoms with van der Waals surface area (Å²) in [5.74, 6) is 0.767. The van der Waals surface area contributed by atoms with E-state index < -0.39 is 10.0 Å². The number of ether oxygens (including phenoxy) is 1. The lowest BCUT2D eigenvalue weighted by Gasteiger charge is -2.17. The Bertz CT molecular complexity index is 453. The third kappa shape index (κ3) is 1.73. The van der Waals surface area contributed by atoms with Crippen molar-refractivity contribution in [3.05, 3.63) is 23.8 Å². The molecule has 0 amide bonds. The first-order valence-electron chi connectivity index (χ1n) is 4.36. The minimum atomic E-state index is -3.59. The van der Waals surface area contributed by atoms with Gasteiger partial charge in [0.25, 0.3) is 0 Å². The Kier molecular flexibility index (Phi) is 2.20. The molecule has 14 heavy (non-hydrogen) atoms. The summed E-state index contributed by atoms with van der Waals surface area (Å²) in [6.07, 6.45) is 1.76. The summed E-state index contributed by atoms with van der Waals surface area (Å²) in [6, 6.07) is 4.72. The van der Waals surface area contributed by atoms with Crippen molar-refractivity contribution in [2.24, 2.45) is 5.14 Å². The van der Waals surface area contributed by atoms with Crippen LogP contribution in [0.5, 0.6) is 5.75 Å². The fraction of sp³-hybridized carbons (Fsp3) is 0.333. The Labute approximate surface area is 82.7 Å². The molecule has 5 heteroatoms. The van der Waals surface area contributed by atoms with Crippen molar-refractivity contribution < 1.29 is 13.2 Å². The molecule has 0 aromatic heterocycles. The lowest BCUT2D eigenvalue weighted by molar-refractivity contribution is 0.288. The molecule has 0 radical (unpaired) electrons. The molecule has 0 saturated carbocycles. The summed E-state index contributed by atoms with van der Waals surface area (Å²) in [4.78, 5) is 0.154. The Morgan fingerprint density at radius 2 is 2.14 bits per heavy atom. The normalized spacial score (nSPS) is 15.8. The van der Waals surface area contributed by atoms with E-state index in [4.69, 9.17) is 9.88 Å². The fourth-order valence-electron chi connectivity index (χ4n) is 1.51. The van der Waals surface area contributed by atoms with Crippen LogP contribution in [0.1, 0.15) is 12.0 Å². The van der Waals surface area contributed by atoms with Crippen LogP contribution in [-0.4, -0.2) is 15.0 Å². The first-order chi connectivity index (χ1) is 6.57. The Hall–Kier alpha value is -1.07. The molecule has 0 unspecified atom stereocenters. The Morgan fingerprint density at radius 3 is 2.86 bits per heavy atom. The fourth-order valence-corrected chi connectivity index (χ4v) is 2.08. The maximum absolute atomic E-state index is 11.1. The second-order valence-corrected chi connectivity index (χ2v) is 4.83. The van der Waals surface area contributed by atoms with Gasteiger partial charge in [-0.2, -0.15) is 0 Å². The summed E-state index contributed by atoms with van der Waals surface area (Å²) >= 11 is 0. The number of primary sulfonamides is 1. The molecule has 1 aliphatic rings. The van der Waals surface area contributed by atoms with Gasteiger partial charge in [0.15, 0.2) is 0 Å². The van der Waals surface area contributed by atoms with Gasteiger partial charge in [-0.05, 0) is 36.6 Å². The number of rotatable bonds is 1. The van der Waals surface area contributed by atoms with E-state index in [1.165, 1.54) is 6.07 Å². The predicted molar refractivity (Wildman–Crippen MR) is 51.6 cm³/mol. The van der Waals surface area contributed by atoms with Crippen LogP contribution in [0.25, 0.3) is 0 Å². The second kappa shape index (κ2) is 3.25. The SMILES string of the molecule is NS(=O)(=O)c1ccc2c(c1)CCCO2. The van der Waals surface area contributed by atoms with Crippen LogP contribution >= 0.6 is 0 Å². The van der Waals surface area contributed by atoms with Gasteiger partial charge in [0.1, 0.15) is 5.75 Å². The van der Waals surface area contributed by atoms with Crippen molar-refractivity contribution in [2.75, 3.05) is 6.61 Å². The van der Waals surface area contributed by atoms with Crippen LogP contribution in [0.4, 0.5) is 0 Å². The molecule has 0 aliphatic carbocycles. The zero-order valence-corrected chi connectivity index (χ0v) is 8.38. The lowest BCUT2D eigenvalue weighted by atomic mass is 10.1. The average molecular weight is 213 g/mol. The van der Waals surface area contributed by atoms with Crippen molar-refractivity contribution in [2.45, 2.75) is 17.7 Å². The standard InChI is InChI=1S/C9H11NO3S/c10-14(11,12)8-3-4-9-7(6-8)2-1-5-13-9/h3-4,6H,1-2,5H2,(H2,10,11,12). The van der Waals surface area contributed by atoms with Crippen LogP contribution in [0.3, 0.4) is 0 Å². The second-order valence-electron chi connectivity index (χ2n) is 3.27. The van der Waals surface area contributed by atoms with E-state index in [1.807, 2.05) is 0 Å². The number of fused-ring (bicyclic) bond motifs is 1. The molecule has 0 spiro atoms. The predicted octanol–water partition coefficient (Wildman–Crippen LogP) is 0.659. The Morgan fingerprint density at radius 1 is 1.36 bits per heavy atom. The summed E-state index contributed by atoms with van der Waals surface area (Å²) in [7, 11) is -3.59. The van der Waals surface area contributed by atoms with Crippen molar-refractivity contribution in [3.8, 4) is 5.75 Å². The van der Waals surface area contributed by atoms with Crippen LogP contribution in [0.15, 0.2) is 23.1 Å². The van der Waals surface area contributed by atoms with Crippen LogP contribution in [0.2, 0.25) is 0 Å². The largest absolute Gasteiger partial charge is 0.493 e. The van der Waals surface area contributed by atoms with E-state index >= 15 is 0 Å². The number of hydrogen-bond acceptors (Lipinski definition) is 3. The maximum atomic E-state index is 11.1. The Balaban J connectivity index is 2.49. The zero-order valence-electron chi connectivity index (χ0n) is 7.56. The first-order valence-corrected chi connectivity index (χ1v) is 5.90. The number of hydrogen-bond donors (Lipinski definition) is 1. The highest BCUT2D eigenvalue weighted by Crippen LogP contribution is 2.26. The molecule has 0 atom stereocenters. The number of sulfonamides is 1. The quantitative estimate of drug-likeness (QED) is 0.745. The van der Waals surface area contributed by atoms with Crippen LogP contribution in [0, 0.1) is 0 Å². The van der Waals surface area contributed by atoms with Crippen LogP contribution in [-0.2, 0) is 16.4 Å². The minimum Gasteiger partial charge on any atom is -0.493 e. The maximum Gasteiger partial charge on any atom is 0.238 e. The summed E-state index contributed by atoms with van der Waals surface area (Å²) < 4.78 is 27.5. The first kappa shape index (κ1) is 9.48. The third-order valence-electron chi connectivity index (χ3n) is 2.21. The van der Waals surface area contributed by atoms with Crippen molar-refractivity contribution in [3.63, 3.8) is 0 Å². The molecule has 0 bridgehead atoms. The third-order valence-corrected chi connectivity index (χ3v) is 3.12. The molecule has 4 nitrogen and oxygen atoms in total. The summed E-state index contributed by atoms with van der Waals surface area (Å²) in [6.45, 7) is 0.696. The van der Waals surface area contributed by atoms with Crippen molar-refractivity contribution in [1.29, 1.82) is 0 Å². The van der Waals surface area contributed by atoms with Gasteiger partial charge in [-0.3, -0.25) is 0 Å². The van der Waals surface area contributed by atoms with Crippen molar-refractivity contribution in [1.82, 2.24) is 0 Å². The molecule has 0 fully saturated rings. The van der Waals surface area contributed by atoms with E-state index in [1.54, 1.807) is 12.1 Å². The molecule has 1 aromatic rings. The lowest BCUT2D eigenvalue weighted by Crippen LogP contribution is -2.14. The van der Waals surface area contributed by atoms with Crippen molar-refractivity contribution >= 4 is 10.0 Å². The molecular weight excluding hydrogens is 202 g/mol. The molecule has 1 aromatic carbocycles. The van der Waals surface area contributed by atoms with E-state index in [2.05, 4.69) is 0 Å². The van der Waals surface area contributed by atoms with E-state index in [-0.39, 0.29) is 4.90 Å². The van der Waals surface area contributed by atoms with E-state index in [0.29, 0.717) is 6.61 Å². The molecule has 0 saturated heterocycles. The van der Waals surface area contributed by atoms with Gasteiger partial charge >= 0.3 is 0 Å². The molecule has 76 valence electrons. The highest BCUT2D eigenvalue weighted by atomic mass is 32.2. The summed E-state index contributed by atoms with van der Waals surface area (Å²) in [5.41, 5.74) is 0.919. The zero-order chi connectivity index (χ0) is 10.2. The summed E-state index contributed by atoms with van der Waals surface area (Å²) in [5, 5.41) is 5.02. The van der Waals surface area contributed by atoms with E-state index in [0.717, 1.165) is 24.2 Å². The number of aryl methyl sites for hydroxylation is 1. The topological polar surface area (TPSA) is 69.4 Å². The number of nitrogens with two attached hydrogens (primary N) is 1. The molecule has 1 heterocycles. The monoisotopic (exact) mass is 213 g/mol. The van der Waals surface area contributed by atoms with Crippen LogP contribution < -0.4 is 9.88 Å². The molecule has 1 aliphatic heterocycles. The minimum absolute atomic E-state index is 0.154.